The van der Waals surface area contributed by atoms with Crippen molar-refractivity contribution in [2.45, 2.75) is 26.7 Å². The minimum atomic E-state index is 0.532. The third-order valence-corrected chi connectivity index (χ3v) is 2.71. The highest BCUT2D eigenvalue weighted by Gasteiger charge is 2.29. The number of nitrogens with one attached hydrogen (secondary N) is 1. The summed E-state index contributed by atoms with van der Waals surface area (Å²) in [7, 11) is 2.23. The lowest BCUT2D eigenvalue weighted by Crippen LogP contribution is -2.35. The van der Waals surface area contributed by atoms with Gasteiger partial charge in [-0.3, -0.25) is 0 Å². The van der Waals surface area contributed by atoms with E-state index in [0.717, 1.165) is 0 Å². The lowest BCUT2D eigenvalue weighted by Gasteiger charge is -2.28. The molecule has 1 fully saturated rings. The summed E-state index contributed by atoms with van der Waals surface area (Å²) in [6.07, 6.45) is 2.60. The fraction of sp³-hybridized carbons (Fsp3) is 1.00. The molecule has 1 saturated heterocycles. The van der Waals surface area contributed by atoms with Crippen LogP contribution in [0.15, 0.2) is 0 Å². The molecule has 0 aliphatic carbocycles. The molecule has 0 aromatic heterocycles. The summed E-state index contributed by atoms with van der Waals surface area (Å²) in [4.78, 5) is 2.45. The van der Waals surface area contributed by atoms with Crippen molar-refractivity contribution in [3.63, 3.8) is 0 Å². The fourth-order valence-corrected chi connectivity index (χ4v) is 2.12. The monoisotopic (exact) mass is 170 g/mol. The van der Waals surface area contributed by atoms with E-state index in [1.54, 1.807) is 0 Å². The zero-order valence-electron chi connectivity index (χ0n) is 8.69. The molecule has 0 amide bonds. The van der Waals surface area contributed by atoms with Crippen molar-refractivity contribution in [3.05, 3.63) is 0 Å². The lowest BCUT2D eigenvalue weighted by atomic mass is 9.89. The molecular weight excluding hydrogens is 148 g/mol. The SMILES string of the molecule is CCCN(C)CC1(C)CCNC1. The van der Waals surface area contributed by atoms with Crippen molar-refractivity contribution in [2.24, 2.45) is 5.41 Å². The second-order valence-corrected chi connectivity index (χ2v) is 4.48. The van der Waals surface area contributed by atoms with E-state index >= 15 is 0 Å². The highest BCUT2D eigenvalue weighted by molar-refractivity contribution is 4.85. The maximum atomic E-state index is 3.43. The van der Waals surface area contributed by atoms with E-state index in [1.807, 2.05) is 0 Å². The van der Waals surface area contributed by atoms with Crippen LogP contribution < -0.4 is 5.32 Å². The van der Waals surface area contributed by atoms with Crippen LogP contribution in [0, 0.1) is 5.41 Å². The van der Waals surface area contributed by atoms with E-state index in [1.165, 1.54) is 39.0 Å². The topological polar surface area (TPSA) is 15.3 Å². The van der Waals surface area contributed by atoms with E-state index in [0.29, 0.717) is 5.41 Å². The Balaban J connectivity index is 2.28. The highest BCUT2D eigenvalue weighted by Crippen LogP contribution is 2.24. The van der Waals surface area contributed by atoms with Crippen molar-refractivity contribution in [1.29, 1.82) is 0 Å². The average Bonchev–Trinajstić information content (AvgIpc) is 2.36. The Morgan fingerprint density at radius 2 is 2.25 bits per heavy atom. The van der Waals surface area contributed by atoms with Crippen LogP contribution in [0.5, 0.6) is 0 Å². The number of hydrogen-bond donors (Lipinski definition) is 1. The molecule has 72 valence electrons. The van der Waals surface area contributed by atoms with Crippen LogP contribution in [0.2, 0.25) is 0 Å². The molecule has 1 aliphatic heterocycles. The molecule has 12 heavy (non-hydrogen) atoms. The minimum absolute atomic E-state index is 0.532. The molecule has 0 bridgehead atoms. The molecule has 1 atom stereocenters. The number of hydrogen-bond acceptors (Lipinski definition) is 2. The Morgan fingerprint density at radius 1 is 1.50 bits per heavy atom. The van der Waals surface area contributed by atoms with Gasteiger partial charge in [0.25, 0.3) is 0 Å². The second kappa shape index (κ2) is 4.24. The molecule has 1 N–H and O–H groups in total. The number of rotatable bonds is 4. The van der Waals surface area contributed by atoms with Gasteiger partial charge in [0.15, 0.2) is 0 Å². The van der Waals surface area contributed by atoms with Crippen LogP contribution in [0.3, 0.4) is 0 Å². The summed E-state index contributed by atoms with van der Waals surface area (Å²) < 4.78 is 0. The van der Waals surface area contributed by atoms with E-state index in [-0.39, 0.29) is 0 Å². The summed E-state index contributed by atoms with van der Waals surface area (Å²) >= 11 is 0. The Kier molecular flexibility index (Phi) is 3.53. The molecule has 1 aliphatic rings. The van der Waals surface area contributed by atoms with Gasteiger partial charge in [0, 0.05) is 13.1 Å². The van der Waals surface area contributed by atoms with Crippen molar-refractivity contribution in [1.82, 2.24) is 10.2 Å². The van der Waals surface area contributed by atoms with Gasteiger partial charge in [-0.1, -0.05) is 13.8 Å². The third-order valence-electron chi connectivity index (χ3n) is 2.71. The van der Waals surface area contributed by atoms with E-state index in [4.69, 9.17) is 0 Å². The summed E-state index contributed by atoms with van der Waals surface area (Å²) in [6.45, 7) is 9.51. The highest BCUT2D eigenvalue weighted by atomic mass is 15.1. The zero-order chi connectivity index (χ0) is 9.03. The first-order valence-corrected chi connectivity index (χ1v) is 5.05. The third kappa shape index (κ3) is 2.76. The predicted molar refractivity (Wildman–Crippen MR) is 53.4 cm³/mol. The molecule has 2 heteroatoms. The van der Waals surface area contributed by atoms with Crippen molar-refractivity contribution >= 4 is 0 Å². The normalized spacial score (nSPS) is 30.0. The summed E-state index contributed by atoms with van der Waals surface area (Å²) in [5, 5.41) is 3.43. The maximum absolute atomic E-state index is 3.43. The van der Waals surface area contributed by atoms with Gasteiger partial charge in [0.2, 0.25) is 0 Å². The van der Waals surface area contributed by atoms with Crippen molar-refractivity contribution in [2.75, 3.05) is 33.2 Å². The van der Waals surface area contributed by atoms with Gasteiger partial charge in [0.1, 0.15) is 0 Å². The first kappa shape index (κ1) is 10.0. The van der Waals surface area contributed by atoms with Gasteiger partial charge in [-0.05, 0) is 38.4 Å². The van der Waals surface area contributed by atoms with E-state index in [2.05, 4.69) is 31.1 Å². The predicted octanol–water partition coefficient (Wildman–Crippen LogP) is 1.33. The minimum Gasteiger partial charge on any atom is -0.316 e. The van der Waals surface area contributed by atoms with Crippen LogP contribution in [-0.4, -0.2) is 38.1 Å². The zero-order valence-corrected chi connectivity index (χ0v) is 8.69. The first-order valence-electron chi connectivity index (χ1n) is 5.05. The Hall–Kier alpha value is -0.0800. The molecule has 0 saturated carbocycles. The fourth-order valence-electron chi connectivity index (χ4n) is 2.12. The summed E-state index contributed by atoms with van der Waals surface area (Å²) in [5.74, 6) is 0. The maximum Gasteiger partial charge on any atom is 0.00449 e. The van der Waals surface area contributed by atoms with Gasteiger partial charge in [-0.25, -0.2) is 0 Å². The van der Waals surface area contributed by atoms with Gasteiger partial charge >= 0.3 is 0 Å². The summed E-state index contributed by atoms with van der Waals surface area (Å²) in [6, 6.07) is 0. The Morgan fingerprint density at radius 3 is 2.75 bits per heavy atom. The van der Waals surface area contributed by atoms with Crippen molar-refractivity contribution < 1.29 is 0 Å². The van der Waals surface area contributed by atoms with Crippen LogP contribution in [0.1, 0.15) is 26.7 Å². The van der Waals surface area contributed by atoms with Crippen molar-refractivity contribution in [3.8, 4) is 0 Å². The molecule has 0 spiro atoms. The van der Waals surface area contributed by atoms with Crippen LogP contribution in [-0.2, 0) is 0 Å². The molecule has 1 heterocycles. The summed E-state index contributed by atoms with van der Waals surface area (Å²) in [5.41, 5.74) is 0.532. The van der Waals surface area contributed by atoms with Gasteiger partial charge < -0.3 is 10.2 Å². The lowest BCUT2D eigenvalue weighted by molar-refractivity contribution is 0.209. The van der Waals surface area contributed by atoms with Crippen LogP contribution in [0.25, 0.3) is 0 Å². The number of nitrogens with zero attached hydrogens (tertiary/aromatic N) is 1. The molecule has 0 aromatic rings. The largest absolute Gasteiger partial charge is 0.316 e. The molecule has 0 radical (unpaired) electrons. The second-order valence-electron chi connectivity index (χ2n) is 4.48. The average molecular weight is 170 g/mol. The first-order chi connectivity index (χ1) is 5.66. The molecule has 1 rings (SSSR count). The molecular formula is C10H22N2. The van der Waals surface area contributed by atoms with Gasteiger partial charge in [-0.15, -0.1) is 0 Å². The smallest absolute Gasteiger partial charge is 0.00449 e. The molecule has 1 unspecified atom stereocenters. The van der Waals surface area contributed by atoms with E-state index in [9.17, 15) is 0 Å². The van der Waals surface area contributed by atoms with Gasteiger partial charge in [0.05, 0.1) is 0 Å². The molecule has 2 nitrogen and oxygen atoms in total. The molecule has 0 aromatic carbocycles. The quantitative estimate of drug-likeness (QED) is 0.684. The van der Waals surface area contributed by atoms with E-state index < -0.39 is 0 Å². The van der Waals surface area contributed by atoms with Crippen LogP contribution >= 0.6 is 0 Å². The Labute approximate surface area is 76.3 Å². The van der Waals surface area contributed by atoms with Gasteiger partial charge in [-0.2, -0.15) is 0 Å². The Bertz CT molecular complexity index is 128. The standard InChI is InChI=1S/C10H22N2/c1-4-7-12(3)9-10(2)5-6-11-8-10/h11H,4-9H2,1-3H3. The van der Waals surface area contributed by atoms with Crippen LogP contribution in [0.4, 0.5) is 0 Å².